The molecule has 0 fully saturated rings. The van der Waals surface area contributed by atoms with Crippen molar-refractivity contribution in [3.63, 3.8) is 0 Å². The summed E-state index contributed by atoms with van der Waals surface area (Å²) in [6.45, 7) is 8.46. The predicted molar refractivity (Wildman–Crippen MR) is 108 cm³/mol. The average Bonchev–Trinajstić information content (AvgIpc) is 2.48. The Labute approximate surface area is 172 Å². The molecule has 1 aliphatic carbocycles. The SMILES string of the molecule is C#CC[N+](CCCC)(CCCC)CC1(I)C=CC(Cl)=CC1Cl.[Cl-]. The van der Waals surface area contributed by atoms with Crippen molar-refractivity contribution in [1.29, 1.82) is 0 Å². The number of unbranched alkanes of at least 4 members (excludes halogenated alkanes) is 2. The maximum Gasteiger partial charge on any atom is 0.140 e. The summed E-state index contributed by atoms with van der Waals surface area (Å²) < 4.78 is 0.830. The lowest BCUT2D eigenvalue weighted by atomic mass is 9.97. The lowest BCUT2D eigenvalue weighted by Crippen LogP contribution is -3.00. The Morgan fingerprint density at radius 1 is 1.30 bits per heavy atom. The van der Waals surface area contributed by atoms with Gasteiger partial charge in [-0.15, -0.1) is 18.0 Å². The van der Waals surface area contributed by atoms with E-state index < -0.39 is 0 Å². The molecule has 0 aliphatic heterocycles. The van der Waals surface area contributed by atoms with E-state index in [9.17, 15) is 0 Å². The minimum absolute atomic E-state index is 0. The van der Waals surface area contributed by atoms with Gasteiger partial charge in [-0.25, -0.2) is 0 Å². The summed E-state index contributed by atoms with van der Waals surface area (Å²) in [7, 11) is 0. The normalized spacial score (nSPS) is 23.8. The highest BCUT2D eigenvalue weighted by atomic mass is 127. The van der Waals surface area contributed by atoms with E-state index in [2.05, 4.69) is 48.4 Å². The van der Waals surface area contributed by atoms with E-state index in [0.29, 0.717) is 0 Å². The smallest absolute Gasteiger partial charge is 0.140 e. The Bertz CT molecular complexity index is 448. The molecule has 0 aromatic carbocycles. The van der Waals surface area contributed by atoms with Gasteiger partial charge in [-0.1, -0.05) is 67.0 Å². The topological polar surface area (TPSA) is 0 Å². The van der Waals surface area contributed by atoms with Crippen molar-refractivity contribution < 1.29 is 16.9 Å². The Morgan fingerprint density at radius 3 is 2.30 bits per heavy atom. The van der Waals surface area contributed by atoms with Crippen LogP contribution in [0.1, 0.15) is 39.5 Å². The highest BCUT2D eigenvalue weighted by Crippen LogP contribution is 2.38. The second-order valence-electron chi connectivity index (χ2n) is 6.23. The number of halogens is 4. The quantitative estimate of drug-likeness (QED) is 0.202. The fourth-order valence-corrected chi connectivity index (χ4v) is 4.58. The van der Waals surface area contributed by atoms with Gasteiger partial charge in [0, 0.05) is 5.03 Å². The van der Waals surface area contributed by atoms with Crippen LogP contribution in [0.4, 0.5) is 0 Å². The molecule has 0 radical (unpaired) electrons. The van der Waals surface area contributed by atoms with Crippen molar-refractivity contribution in [2.24, 2.45) is 0 Å². The number of terminal acetylenes is 1. The fourth-order valence-electron chi connectivity index (χ4n) is 2.96. The first-order valence-electron chi connectivity index (χ1n) is 8.09. The van der Waals surface area contributed by atoms with Gasteiger partial charge < -0.3 is 16.9 Å². The molecule has 1 nitrogen and oxygen atoms in total. The van der Waals surface area contributed by atoms with Crippen LogP contribution >= 0.6 is 45.8 Å². The largest absolute Gasteiger partial charge is 1.00 e. The molecule has 5 heteroatoms. The summed E-state index contributed by atoms with van der Waals surface area (Å²) in [6, 6.07) is 0. The summed E-state index contributed by atoms with van der Waals surface area (Å²) in [5.41, 5.74) is 0. The monoisotopic (exact) mass is 489 g/mol. The first-order valence-corrected chi connectivity index (χ1v) is 9.99. The molecular formula is C18H27Cl3IN. The first-order chi connectivity index (χ1) is 10.4. The lowest BCUT2D eigenvalue weighted by Gasteiger charge is -2.44. The summed E-state index contributed by atoms with van der Waals surface area (Å²) in [5, 5.41) is 0.633. The van der Waals surface area contributed by atoms with Crippen LogP contribution in [0.15, 0.2) is 23.3 Å². The predicted octanol–water partition coefficient (Wildman–Crippen LogP) is 2.51. The van der Waals surface area contributed by atoms with E-state index in [1.54, 1.807) is 0 Å². The molecule has 1 rings (SSSR count). The second-order valence-corrected chi connectivity index (χ2v) is 9.14. The molecule has 1 aliphatic rings. The van der Waals surface area contributed by atoms with Crippen LogP contribution in [0.5, 0.6) is 0 Å². The third kappa shape index (κ3) is 7.16. The minimum atomic E-state index is -0.129. The third-order valence-electron chi connectivity index (χ3n) is 4.26. The lowest BCUT2D eigenvalue weighted by molar-refractivity contribution is -0.922. The van der Waals surface area contributed by atoms with Crippen LogP contribution in [0.25, 0.3) is 0 Å². The fraction of sp³-hybridized carbons (Fsp3) is 0.667. The highest BCUT2D eigenvalue weighted by Gasteiger charge is 2.42. The Kier molecular flexibility index (Phi) is 11.6. The van der Waals surface area contributed by atoms with Crippen molar-refractivity contribution in [1.82, 2.24) is 0 Å². The van der Waals surface area contributed by atoms with Gasteiger partial charge >= 0.3 is 0 Å². The second kappa shape index (κ2) is 11.3. The van der Waals surface area contributed by atoms with Gasteiger partial charge in [-0.2, -0.15) is 0 Å². The van der Waals surface area contributed by atoms with Gasteiger partial charge in [0.25, 0.3) is 0 Å². The van der Waals surface area contributed by atoms with Crippen LogP contribution in [-0.2, 0) is 0 Å². The molecule has 0 amide bonds. The van der Waals surface area contributed by atoms with Crippen molar-refractivity contribution in [3.05, 3.63) is 23.3 Å². The summed E-state index contributed by atoms with van der Waals surface area (Å²) in [6.07, 6.45) is 16.6. The molecule has 2 unspecified atom stereocenters. The number of nitrogens with zero attached hydrogens (tertiary/aromatic N) is 1. The zero-order chi connectivity index (χ0) is 16.6. The van der Waals surface area contributed by atoms with E-state index in [1.165, 1.54) is 25.7 Å². The molecule has 132 valence electrons. The third-order valence-corrected chi connectivity index (χ3v) is 6.77. The number of rotatable bonds is 9. The van der Waals surface area contributed by atoms with Gasteiger partial charge in [0.05, 0.1) is 25.0 Å². The van der Waals surface area contributed by atoms with E-state index >= 15 is 0 Å². The van der Waals surface area contributed by atoms with Crippen molar-refractivity contribution in [2.45, 2.75) is 48.3 Å². The van der Waals surface area contributed by atoms with Crippen LogP contribution in [0.2, 0.25) is 0 Å². The summed E-state index contributed by atoms with van der Waals surface area (Å²) >= 11 is 15.2. The van der Waals surface area contributed by atoms with Gasteiger partial charge in [0.2, 0.25) is 0 Å². The first kappa shape index (κ1) is 23.6. The number of allylic oxidation sites excluding steroid dienone is 3. The molecular weight excluding hydrogens is 463 g/mol. The number of hydrogen-bond acceptors (Lipinski definition) is 0. The molecule has 23 heavy (non-hydrogen) atoms. The van der Waals surface area contributed by atoms with Crippen LogP contribution in [0, 0.1) is 12.3 Å². The van der Waals surface area contributed by atoms with Gasteiger partial charge in [-0.05, 0) is 30.9 Å². The Balaban J connectivity index is 0.00000484. The van der Waals surface area contributed by atoms with E-state index in [0.717, 1.165) is 35.7 Å². The molecule has 0 aromatic heterocycles. The van der Waals surface area contributed by atoms with Gasteiger partial charge in [-0.3, -0.25) is 0 Å². The minimum Gasteiger partial charge on any atom is -1.00 e. The summed E-state index contributed by atoms with van der Waals surface area (Å²) in [5.74, 6) is 2.92. The van der Waals surface area contributed by atoms with Crippen molar-refractivity contribution in [2.75, 3.05) is 26.2 Å². The summed E-state index contributed by atoms with van der Waals surface area (Å²) in [4.78, 5) is 0. The van der Waals surface area contributed by atoms with Crippen LogP contribution in [0.3, 0.4) is 0 Å². The Hall–Kier alpha value is 0.600. The molecule has 0 saturated heterocycles. The molecule has 0 spiro atoms. The van der Waals surface area contributed by atoms with Crippen LogP contribution < -0.4 is 12.4 Å². The van der Waals surface area contributed by atoms with E-state index in [1.807, 2.05) is 12.2 Å². The maximum atomic E-state index is 6.61. The van der Waals surface area contributed by atoms with E-state index in [4.69, 9.17) is 29.6 Å². The standard InChI is InChI=1S/C18H27Cl2IN.ClH/c1-4-7-12-22(11-6-3,13-8-5-2)15-18(21)10-9-16(19)14-17(18)20;/h3,9-10,14,17H,4-5,7-8,11-13,15H2,1-2H3;1H/q+1;/p-1. The number of alkyl halides is 2. The van der Waals surface area contributed by atoms with Crippen molar-refractivity contribution >= 4 is 45.8 Å². The average molecular weight is 491 g/mol. The molecule has 0 saturated carbocycles. The molecule has 0 heterocycles. The molecule has 0 bridgehead atoms. The van der Waals surface area contributed by atoms with Gasteiger partial charge in [0.15, 0.2) is 0 Å². The Morgan fingerprint density at radius 2 is 1.87 bits per heavy atom. The number of quaternary nitrogens is 1. The maximum absolute atomic E-state index is 6.61. The zero-order valence-corrected chi connectivity index (χ0v) is 18.4. The van der Waals surface area contributed by atoms with Crippen molar-refractivity contribution in [3.8, 4) is 12.3 Å². The zero-order valence-electron chi connectivity index (χ0n) is 14.0. The molecule has 0 N–H and O–H groups in total. The highest BCUT2D eigenvalue weighted by molar-refractivity contribution is 14.1. The van der Waals surface area contributed by atoms with E-state index in [-0.39, 0.29) is 21.2 Å². The number of hydrogen-bond donors (Lipinski definition) is 0. The molecule has 0 aromatic rings. The molecule has 2 atom stereocenters. The van der Waals surface area contributed by atoms with Crippen LogP contribution in [-0.4, -0.2) is 39.5 Å². The van der Waals surface area contributed by atoms with Gasteiger partial charge in [0.1, 0.15) is 9.97 Å².